The number of oxazole rings is 1. The maximum atomic E-state index is 10.8. The van der Waals surface area contributed by atoms with Gasteiger partial charge in [-0.05, 0) is 12.8 Å². The summed E-state index contributed by atoms with van der Waals surface area (Å²) in [6.07, 6.45) is 3.41. The van der Waals surface area contributed by atoms with Gasteiger partial charge in [-0.1, -0.05) is 20.3 Å². The molecule has 1 N–H and O–H groups in total. The summed E-state index contributed by atoms with van der Waals surface area (Å²) in [5.74, 6) is 0.112. The Morgan fingerprint density at radius 2 is 2.20 bits per heavy atom. The maximum absolute atomic E-state index is 10.8. The third-order valence-corrected chi connectivity index (χ3v) is 2.88. The van der Waals surface area contributed by atoms with Crippen molar-refractivity contribution in [2.75, 3.05) is 0 Å². The van der Waals surface area contributed by atoms with Crippen LogP contribution in [0.1, 0.15) is 67.1 Å². The predicted molar refractivity (Wildman–Crippen MR) is 54.1 cm³/mol. The molecule has 0 saturated heterocycles. The molecule has 1 aromatic rings. The summed E-state index contributed by atoms with van der Waals surface area (Å²) in [6, 6.07) is 0. The first kappa shape index (κ1) is 10.2. The minimum atomic E-state index is -1.08. The number of carboxylic acid groups (broad SMARTS) is 1. The second kappa shape index (κ2) is 3.68. The second-order valence-electron chi connectivity index (χ2n) is 4.36. The number of carbonyl (C=O) groups is 1. The van der Waals surface area contributed by atoms with Gasteiger partial charge in [-0.2, -0.15) is 0 Å². The lowest BCUT2D eigenvalue weighted by Gasteiger charge is -2.24. The number of rotatable bonds is 3. The second-order valence-corrected chi connectivity index (χ2v) is 4.36. The number of aromatic nitrogens is 1. The first-order valence-corrected chi connectivity index (χ1v) is 5.33. The van der Waals surface area contributed by atoms with Crippen molar-refractivity contribution in [1.29, 1.82) is 0 Å². The van der Waals surface area contributed by atoms with E-state index in [1.807, 2.05) is 13.8 Å². The van der Waals surface area contributed by atoms with Crippen LogP contribution in [-0.4, -0.2) is 16.1 Å². The van der Waals surface area contributed by atoms with Gasteiger partial charge < -0.3 is 9.52 Å². The average molecular weight is 209 g/mol. The molecular formula is C11H15NO3. The smallest absolute Gasteiger partial charge is 0.392 e. The first-order valence-electron chi connectivity index (χ1n) is 5.33. The molecule has 82 valence electrons. The van der Waals surface area contributed by atoms with E-state index in [4.69, 9.17) is 9.52 Å². The highest BCUT2D eigenvalue weighted by Crippen LogP contribution is 2.39. The monoisotopic (exact) mass is 209 g/mol. The number of hydrogen-bond donors (Lipinski definition) is 1. The predicted octanol–water partition coefficient (Wildman–Crippen LogP) is 2.76. The molecule has 1 heterocycles. The molecule has 0 spiro atoms. The van der Waals surface area contributed by atoms with Crippen LogP contribution in [-0.2, 0) is 0 Å². The van der Waals surface area contributed by atoms with Crippen LogP contribution in [0.3, 0.4) is 0 Å². The molecule has 0 radical (unpaired) electrons. The molecule has 0 bridgehead atoms. The molecule has 1 fully saturated rings. The molecule has 15 heavy (non-hydrogen) atoms. The lowest BCUT2D eigenvalue weighted by atomic mass is 9.81. The number of hydrogen-bond acceptors (Lipinski definition) is 3. The van der Waals surface area contributed by atoms with Crippen molar-refractivity contribution < 1.29 is 14.3 Å². The van der Waals surface area contributed by atoms with Crippen LogP contribution in [0, 0.1) is 0 Å². The minimum Gasteiger partial charge on any atom is -0.474 e. The molecule has 4 nitrogen and oxygen atoms in total. The van der Waals surface area contributed by atoms with E-state index in [0.717, 1.165) is 24.3 Å². The Morgan fingerprint density at radius 3 is 2.60 bits per heavy atom. The lowest BCUT2D eigenvalue weighted by molar-refractivity contribution is 0.0651. The topological polar surface area (TPSA) is 63.3 Å². The van der Waals surface area contributed by atoms with Gasteiger partial charge in [-0.3, -0.25) is 0 Å². The molecular weight excluding hydrogens is 194 g/mol. The van der Waals surface area contributed by atoms with Crippen molar-refractivity contribution in [2.45, 2.75) is 44.9 Å². The summed E-state index contributed by atoms with van der Waals surface area (Å²) in [5, 5.41) is 8.82. The van der Waals surface area contributed by atoms with E-state index in [2.05, 4.69) is 4.98 Å². The van der Waals surface area contributed by atoms with Crippen molar-refractivity contribution in [2.24, 2.45) is 0 Å². The molecule has 0 amide bonds. The van der Waals surface area contributed by atoms with Crippen molar-refractivity contribution in [3.05, 3.63) is 17.3 Å². The highest BCUT2D eigenvalue weighted by molar-refractivity contribution is 5.82. The molecule has 0 atom stereocenters. The van der Waals surface area contributed by atoms with Crippen LogP contribution >= 0.6 is 0 Å². The quantitative estimate of drug-likeness (QED) is 0.831. The molecule has 1 aliphatic rings. The third-order valence-electron chi connectivity index (χ3n) is 2.88. The van der Waals surface area contributed by atoms with E-state index in [1.165, 1.54) is 6.42 Å². The number of carboxylic acids is 1. The fraction of sp³-hybridized carbons (Fsp3) is 0.636. The summed E-state index contributed by atoms with van der Waals surface area (Å²) in [5.41, 5.74) is 0.869. The molecule has 1 aromatic heterocycles. The van der Waals surface area contributed by atoms with Gasteiger partial charge in [0.2, 0.25) is 0 Å². The fourth-order valence-electron chi connectivity index (χ4n) is 1.82. The maximum Gasteiger partial charge on any atom is 0.392 e. The highest BCUT2D eigenvalue weighted by atomic mass is 16.4. The van der Waals surface area contributed by atoms with Crippen molar-refractivity contribution in [3.8, 4) is 0 Å². The van der Waals surface area contributed by atoms with E-state index in [-0.39, 0.29) is 11.8 Å². The Morgan fingerprint density at radius 1 is 1.53 bits per heavy atom. The van der Waals surface area contributed by atoms with Crippen molar-refractivity contribution in [1.82, 2.24) is 4.98 Å². The Bertz CT molecular complexity index is 377. The van der Waals surface area contributed by atoms with Gasteiger partial charge in [0.25, 0.3) is 0 Å². The van der Waals surface area contributed by atoms with E-state index in [1.54, 1.807) is 0 Å². The molecule has 2 rings (SSSR count). The summed E-state index contributed by atoms with van der Waals surface area (Å²) >= 11 is 0. The van der Waals surface area contributed by atoms with Crippen LogP contribution in [0.25, 0.3) is 0 Å². The zero-order chi connectivity index (χ0) is 11.0. The number of nitrogens with zero attached hydrogens (tertiary/aromatic N) is 1. The van der Waals surface area contributed by atoms with Crippen LogP contribution in [0.2, 0.25) is 0 Å². The highest BCUT2D eigenvalue weighted by Gasteiger charge is 2.29. The molecule has 0 unspecified atom stereocenters. The first-order chi connectivity index (χ1) is 7.09. The SMILES string of the molecule is CC(C)c1oc(C(=O)O)nc1C1CCC1. The number of aromatic carboxylic acids is 1. The average Bonchev–Trinajstić information content (AvgIpc) is 2.45. The van der Waals surface area contributed by atoms with E-state index >= 15 is 0 Å². The van der Waals surface area contributed by atoms with Gasteiger partial charge in [-0.15, -0.1) is 0 Å². The van der Waals surface area contributed by atoms with Gasteiger partial charge in [0.1, 0.15) is 5.76 Å². The third kappa shape index (κ3) is 1.76. The van der Waals surface area contributed by atoms with Gasteiger partial charge in [0, 0.05) is 11.8 Å². The van der Waals surface area contributed by atoms with Gasteiger partial charge in [0.15, 0.2) is 0 Å². The summed E-state index contributed by atoms with van der Waals surface area (Å²) < 4.78 is 5.28. The van der Waals surface area contributed by atoms with E-state index in [9.17, 15) is 4.79 Å². The van der Waals surface area contributed by atoms with Crippen LogP contribution in [0.4, 0.5) is 0 Å². The Hall–Kier alpha value is -1.32. The molecule has 1 aliphatic carbocycles. The normalized spacial score (nSPS) is 16.7. The largest absolute Gasteiger partial charge is 0.474 e. The van der Waals surface area contributed by atoms with E-state index < -0.39 is 5.97 Å². The Labute approximate surface area is 88.3 Å². The summed E-state index contributed by atoms with van der Waals surface area (Å²) in [7, 11) is 0. The van der Waals surface area contributed by atoms with Gasteiger partial charge in [-0.25, -0.2) is 9.78 Å². The van der Waals surface area contributed by atoms with Gasteiger partial charge >= 0.3 is 11.9 Å². The molecule has 0 aliphatic heterocycles. The summed E-state index contributed by atoms with van der Waals surface area (Å²) in [6.45, 7) is 3.99. The minimum absolute atomic E-state index is 0.166. The van der Waals surface area contributed by atoms with Crippen LogP contribution in [0.15, 0.2) is 4.42 Å². The molecule has 4 heteroatoms. The molecule has 0 aromatic carbocycles. The summed E-state index contributed by atoms with van der Waals surface area (Å²) in [4.78, 5) is 14.8. The lowest BCUT2D eigenvalue weighted by Crippen LogP contribution is -2.11. The van der Waals surface area contributed by atoms with Crippen molar-refractivity contribution >= 4 is 5.97 Å². The standard InChI is InChI=1S/C11H15NO3/c1-6(2)9-8(7-4-3-5-7)12-10(15-9)11(13)14/h6-7H,3-5H2,1-2H3,(H,13,14). The Kier molecular flexibility index (Phi) is 2.50. The fourth-order valence-corrected chi connectivity index (χ4v) is 1.82. The van der Waals surface area contributed by atoms with Crippen LogP contribution in [0.5, 0.6) is 0 Å². The van der Waals surface area contributed by atoms with Crippen molar-refractivity contribution in [3.63, 3.8) is 0 Å². The van der Waals surface area contributed by atoms with E-state index in [0.29, 0.717) is 5.92 Å². The van der Waals surface area contributed by atoms with Gasteiger partial charge in [0.05, 0.1) is 5.69 Å². The van der Waals surface area contributed by atoms with Crippen LogP contribution < -0.4 is 0 Å². The molecule has 1 saturated carbocycles. The zero-order valence-electron chi connectivity index (χ0n) is 8.99. The zero-order valence-corrected chi connectivity index (χ0v) is 8.99. The Balaban J connectivity index is 2.36.